The van der Waals surface area contributed by atoms with Crippen LogP contribution in [0, 0.1) is 11.6 Å². The van der Waals surface area contributed by atoms with Crippen LogP contribution in [0.1, 0.15) is 11.1 Å². The summed E-state index contributed by atoms with van der Waals surface area (Å²) in [5.41, 5.74) is 1.12. The second kappa shape index (κ2) is 7.35. The molecule has 0 spiro atoms. The first-order valence-corrected chi connectivity index (χ1v) is 6.89. The number of hydrogen-bond acceptors (Lipinski definition) is 2. The molecule has 0 saturated carbocycles. The van der Waals surface area contributed by atoms with Gasteiger partial charge in [-0.25, -0.2) is 8.78 Å². The zero-order valence-electron chi connectivity index (χ0n) is 11.9. The first-order valence-electron chi connectivity index (χ1n) is 6.48. The Morgan fingerprint density at radius 3 is 2.46 bits per heavy atom. The van der Waals surface area contributed by atoms with E-state index in [0.29, 0.717) is 6.07 Å². The van der Waals surface area contributed by atoms with Crippen LogP contribution in [0.15, 0.2) is 47.6 Å². The van der Waals surface area contributed by atoms with Gasteiger partial charge < -0.3 is 5.32 Å². The van der Waals surface area contributed by atoms with Crippen molar-refractivity contribution in [3.63, 3.8) is 0 Å². The van der Waals surface area contributed by atoms with Crippen molar-refractivity contribution in [1.82, 2.24) is 5.43 Å². The molecular formula is C15H10F5N3S. The second-order valence-electron chi connectivity index (χ2n) is 4.53. The summed E-state index contributed by atoms with van der Waals surface area (Å²) in [6, 6.07) is 7.66. The third kappa shape index (κ3) is 4.72. The lowest BCUT2D eigenvalue weighted by atomic mass is 10.2. The van der Waals surface area contributed by atoms with Crippen molar-refractivity contribution in [2.75, 3.05) is 5.32 Å². The van der Waals surface area contributed by atoms with E-state index in [-0.39, 0.29) is 16.4 Å². The molecule has 2 aromatic rings. The van der Waals surface area contributed by atoms with Crippen molar-refractivity contribution in [2.24, 2.45) is 5.10 Å². The second-order valence-corrected chi connectivity index (χ2v) is 4.94. The van der Waals surface area contributed by atoms with E-state index >= 15 is 0 Å². The van der Waals surface area contributed by atoms with E-state index in [2.05, 4.69) is 15.8 Å². The monoisotopic (exact) mass is 359 g/mol. The highest BCUT2D eigenvalue weighted by Gasteiger charge is 2.33. The Morgan fingerprint density at radius 2 is 1.79 bits per heavy atom. The summed E-state index contributed by atoms with van der Waals surface area (Å²) in [5.74, 6) is -1.57. The Morgan fingerprint density at radius 1 is 1.08 bits per heavy atom. The van der Waals surface area contributed by atoms with Crippen LogP contribution < -0.4 is 10.7 Å². The molecule has 0 aliphatic carbocycles. The molecule has 0 aliphatic rings. The van der Waals surface area contributed by atoms with E-state index in [1.165, 1.54) is 18.2 Å². The summed E-state index contributed by atoms with van der Waals surface area (Å²) in [6.45, 7) is 0. The van der Waals surface area contributed by atoms with Crippen LogP contribution >= 0.6 is 12.2 Å². The summed E-state index contributed by atoms with van der Waals surface area (Å²) in [7, 11) is 0. The number of para-hydroxylation sites is 1. The van der Waals surface area contributed by atoms with Gasteiger partial charge in [-0.2, -0.15) is 18.3 Å². The van der Waals surface area contributed by atoms with Gasteiger partial charge in [-0.3, -0.25) is 5.43 Å². The Balaban J connectivity index is 2.03. The molecule has 0 aromatic heterocycles. The minimum atomic E-state index is -4.54. The van der Waals surface area contributed by atoms with Gasteiger partial charge in [0.2, 0.25) is 0 Å². The van der Waals surface area contributed by atoms with Crippen molar-refractivity contribution >= 4 is 29.2 Å². The quantitative estimate of drug-likeness (QED) is 0.371. The van der Waals surface area contributed by atoms with Crippen molar-refractivity contribution in [1.29, 1.82) is 0 Å². The Hall–Kier alpha value is -2.55. The van der Waals surface area contributed by atoms with E-state index in [9.17, 15) is 22.0 Å². The van der Waals surface area contributed by atoms with Gasteiger partial charge in [0.15, 0.2) is 5.11 Å². The number of alkyl halides is 3. The highest BCUT2D eigenvalue weighted by atomic mass is 32.1. The largest absolute Gasteiger partial charge is 0.418 e. The lowest BCUT2D eigenvalue weighted by molar-refractivity contribution is -0.136. The van der Waals surface area contributed by atoms with Gasteiger partial charge >= 0.3 is 6.18 Å². The maximum atomic E-state index is 13.4. The summed E-state index contributed by atoms with van der Waals surface area (Å²) >= 11 is 4.83. The average molecular weight is 359 g/mol. The van der Waals surface area contributed by atoms with Crippen LogP contribution in [-0.2, 0) is 6.18 Å². The van der Waals surface area contributed by atoms with Crippen LogP contribution in [0.5, 0.6) is 0 Å². The predicted molar refractivity (Wildman–Crippen MR) is 84.8 cm³/mol. The van der Waals surface area contributed by atoms with Crippen LogP contribution in [0.4, 0.5) is 27.6 Å². The van der Waals surface area contributed by atoms with Crippen molar-refractivity contribution in [3.05, 3.63) is 65.2 Å². The SMILES string of the molecule is Fc1ccc(/C=N\NC(=S)Nc2ccccc2C(F)(F)F)c(F)c1. The fourth-order valence-corrected chi connectivity index (χ4v) is 1.92. The van der Waals surface area contributed by atoms with Crippen LogP contribution in [0.25, 0.3) is 0 Å². The van der Waals surface area contributed by atoms with Gasteiger partial charge in [0.05, 0.1) is 17.5 Å². The lowest BCUT2D eigenvalue weighted by Gasteiger charge is -2.14. The highest BCUT2D eigenvalue weighted by Crippen LogP contribution is 2.34. The molecule has 0 atom stereocenters. The number of anilines is 1. The van der Waals surface area contributed by atoms with Gasteiger partial charge in [0.1, 0.15) is 11.6 Å². The van der Waals surface area contributed by atoms with Gasteiger partial charge in [-0.05, 0) is 36.5 Å². The van der Waals surface area contributed by atoms with E-state index in [0.717, 1.165) is 24.4 Å². The molecule has 24 heavy (non-hydrogen) atoms. The number of hydrazone groups is 1. The topological polar surface area (TPSA) is 36.4 Å². The van der Waals surface area contributed by atoms with Crippen LogP contribution in [0.2, 0.25) is 0 Å². The Bertz CT molecular complexity index is 774. The predicted octanol–water partition coefficient (Wildman–Crippen LogP) is 4.30. The zero-order chi connectivity index (χ0) is 17.7. The maximum absolute atomic E-state index is 13.4. The summed E-state index contributed by atoms with van der Waals surface area (Å²) in [6.07, 6.45) is -3.52. The van der Waals surface area contributed by atoms with Crippen molar-refractivity contribution in [3.8, 4) is 0 Å². The van der Waals surface area contributed by atoms with E-state index in [1.54, 1.807) is 0 Å². The minimum Gasteiger partial charge on any atom is -0.331 e. The third-order valence-electron chi connectivity index (χ3n) is 2.81. The molecule has 0 radical (unpaired) electrons. The molecule has 9 heteroatoms. The number of nitrogens with one attached hydrogen (secondary N) is 2. The molecule has 0 aliphatic heterocycles. The molecule has 0 saturated heterocycles. The van der Waals surface area contributed by atoms with Crippen molar-refractivity contribution < 1.29 is 22.0 Å². The molecule has 3 nitrogen and oxygen atoms in total. The standard InChI is InChI=1S/C15H10F5N3S/c16-10-6-5-9(12(17)7-10)8-21-23-14(24)22-13-4-2-1-3-11(13)15(18,19)20/h1-8H,(H2,22,23,24)/b21-8-. The number of nitrogens with zero attached hydrogens (tertiary/aromatic N) is 1. The molecule has 0 bridgehead atoms. The van der Waals surface area contributed by atoms with Gasteiger partial charge in [-0.1, -0.05) is 12.1 Å². The molecule has 0 heterocycles. The van der Waals surface area contributed by atoms with Gasteiger partial charge in [-0.15, -0.1) is 0 Å². The molecule has 2 aromatic carbocycles. The number of hydrogen-bond donors (Lipinski definition) is 2. The minimum absolute atomic E-state index is 0.0117. The third-order valence-corrected chi connectivity index (χ3v) is 3.01. The first kappa shape index (κ1) is 17.8. The molecule has 2 N–H and O–H groups in total. The molecule has 126 valence electrons. The normalized spacial score (nSPS) is 11.5. The molecule has 0 fully saturated rings. The lowest BCUT2D eigenvalue weighted by Crippen LogP contribution is -2.25. The van der Waals surface area contributed by atoms with Crippen LogP contribution in [-0.4, -0.2) is 11.3 Å². The first-order chi connectivity index (χ1) is 11.3. The fraction of sp³-hybridized carbons (Fsp3) is 0.0667. The highest BCUT2D eigenvalue weighted by molar-refractivity contribution is 7.80. The summed E-state index contributed by atoms with van der Waals surface area (Å²) in [4.78, 5) is 0. The zero-order valence-corrected chi connectivity index (χ0v) is 12.7. The van der Waals surface area contributed by atoms with Crippen LogP contribution in [0.3, 0.4) is 0 Å². The Kier molecular flexibility index (Phi) is 5.45. The number of rotatable bonds is 3. The summed E-state index contributed by atoms with van der Waals surface area (Å²) < 4.78 is 64.7. The number of thiocarbonyl (C=S) groups is 1. The van der Waals surface area contributed by atoms with E-state index < -0.39 is 23.4 Å². The molecule has 0 unspecified atom stereocenters. The number of halogens is 5. The molecular weight excluding hydrogens is 349 g/mol. The summed E-state index contributed by atoms with van der Waals surface area (Å²) in [5, 5.41) is 5.74. The number of benzene rings is 2. The van der Waals surface area contributed by atoms with Crippen molar-refractivity contribution in [2.45, 2.75) is 6.18 Å². The average Bonchev–Trinajstić information content (AvgIpc) is 2.49. The molecule has 0 amide bonds. The fourth-order valence-electron chi connectivity index (χ4n) is 1.76. The van der Waals surface area contributed by atoms with Gasteiger partial charge in [0.25, 0.3) is 0 Å². The van der Waals surface area contributed by atoms with E-state index in [4.69, 9.17) is 12.2 Å². The molecule has 2 rings (SSSR count). The smallest absolute Gasteiger partial charge is 0.331 e. The Labute approximate surface area is 139 Å². The van der Waals surface area contributed by atoms with Gasteiger partial charge in [0, 0.05) is 11.6 Å². The van der Waals surface area contributed by atoms with E-state index in [1.807, 2.05) is 0 Å². The maximum Gasteiger partial charge on any atom is 0.418 e.